The number of nitrogens with one attached hydrogen (secondary N) is 1. The molecule has 0 bridgehead atoms. The highest BCUT2D eigenvalue weighted by Crippen LogP contribution is 2.21. The van der Waals surface area contributed by atoms with Gasteiger partial charge in [-0.1, -0.05) is 94.6 Å². The lowest BCUT2D eigenvalue weighted by Gasteiger charge is -2.32. The number of aryl methyl sites for hydroxylation is 2. The molecule has 3 aromatic carbocycles. The van der Waals surface area contributed by atoms with Gasteiger partial charge in [0.2, 0.25) is 11.8 Å². The predicted molar refractivity (Wildman–Crippen MR) is 159 cm³/mol. The van der Waals surface area contributed by atoms with Crippen LogP contribution in [0.5, 0.6) is 0 Å². The average Bonchev–Trinajstić information content (AvgIpc) is 2.87. The summed E-state index contributed by atoms with van der Waals surface area (Å²) in [5, 5.41) is 3.13. The van der Waals surface area contributed by atoms with Crippen LogP contribution in [0.25, 0.3) is 0 Å². The van der Waals surface area contributed by atoms with Crippen LogP contribution in [-0.2, 0) is 28.3 Å². The van der Waals surface area contributed by atoms with E-state index in [1.807, 2.05) is 68.4 Å². The zero-order chi connectivity index (χ0) is 26.8. The summed E-state index contributed by atoms with van der Waals surface area (Å²) in [6.07, 6.45) is 1.29. The number of thioether (sulfide) groups is 1. The van der Waals surface area contributed by atoms with E-state index in [0.29, 0.717) is 18.7 Å². The molecule has 0 spiro atoms. The van der Waals surface area contributed by atoms with E-state index in [-0.39, 0.29) is 17.9 Å². The Hall–Kier alpha value is -2.57. The van der Waals surface area contributed by atoms with Crippen LogP contribution in [0.4, 0.5) is 0 Å². The first kappa shape index (κ1) is 29.0. The minimum Gasteiger partial charge on any atom is -0.352 e. The molecular weight excluding hydrogens is 544 g/mol. The SMILES string of the molecule is CC[C@H](C)NC(=O)[C@@H](Cc1ccccc1)N(Cc1ccc(Br)cc1)C(=O)CSCc1cc(C)cc(C)c1. The molecule has 0 saturated heterocycles. The summed E-state index contributed by atoms with van der Waals surface area (Å²) in [5.41, 5.74) is 5.69. The van der Waals surface area contributed by atoms with Crippen LogP contribution in [0, 0.1) is 13.8 Å². The number of nitrogens with zero attached hydrogens (tertiary/aromatic N) is 1. The van der Waals surface area contributed by atoms with Crippen LogP contribution in [0.2, 0.25) is 0 Å². The molecule has 4 nitrogen and oxygen atoms in total. The second-order valence-electron chi connectivity index (χ2n) is 9.66. The Morgan fingerprint density at radius 1 is 0.919 bits per heavy atom. The van der Waals surface area contributed by atoms with Crippen molar-refractivity contribution in [3.63, 3.8) is 0 Å². The Bertz CT molecular complexity index is 1150. The molecule has 0 radical (unpaired) electrons. The second-order valence-corrected chi connectivity index (χ2v) is 11.6. The summed E-state index contributed by atoms with van der Waals surface area (Å²) in [6.45, 7) is 8.61. The van der Waals surface area contributed by atoms with Crippen molar-refractivity contribution < 1.29 is 9.59 Å². The number of carbonyl (C=O) groups is 2. The molecule has 196 valence electrons. The number of hydrogen-bond acceptors (Lipinski definition) is 3. The Morgan fingerprint density at radius 2 is 1.57 bits per heavy atom. The van der Waals surface area contributed by atoms with E-state index in [4.69, 9.17) is 0 Å². The monoisotopic (exact) mass is 580 g/mol. The summed E-state index contributed by atoms with van der Waals surface area (Å²) in [7, 11) is 0. The minimum atomic E-state index is -0.602. The summed E-state index contributed by atoms with van der Waals surface area (Å²) >= 11 is 5.09. The van der Waals surface area contributed by atoms with Crippen molar-refractivity contribution in [2.24, 2.45) is 0 Å². The van der Waals surface area contributed by atoms with Crippen LogP contribution >= 0.6 is 27.7 Å². The van der Waals surface area contributed by atoms with Gasteiger partial charge in [0.05, 0.1) is 5.75 Å². The van der Waals surface area contributed by atoms with Gasteiger partial charge >= 0.3 is 0 Å². The Balaban J connectivity index is 1.85. The summed E-state index contributed by atoms with van der Waals surface area (Å²) < 4.78 is 0.980. The molecule has 2 atom stereocenters. The van der Waals surface area contributed by atoms with Crippen molar-refractivity contribution in [3.05, 3.63) is 105 Å². The number of benzene rings is 3. The molecule has 0 saturated carbocycles. The van der Waals surface area contributed by atoms with Crippen molar-refractivity contribution in [2.45, 2.75) is 64.9 Å². The molecule has 0 aliphatic carbocycles. The van der Waals surface area contributed by atoms with Crippen molar-refractivity contribution in [3.8, 4) is 0 Å². The van der Waals surface area contributed by atoms with Gasteiger partial charge < -0.3 is 10.2 Å². The Morgan fingerprint density at radius 3 is 2.19 bits per heavy atom. The van der Waals surface area contributed by atoms with Gasteiger partial charge in [-0.3, -0.25) is 9.59 Å². The number of amides is 2. The Kier molecular flexibility index (Phi) is 11.3. The Labute approximate surface area is 234 Å². The fraction of sp³-hybridized carbons (Fsp3) is 0.355. The van der Waals surface area contributed by atoms with Gasteiger partial charge in [0, 0.05) is 29.2 Å². The second kappa shape index (κ2) is 14.4. The van der Waals surface area contributed by atoms with Gasteiger partial charge in [0.1, 0.15) is 6.04 Å². The zero-order valence-corrected chi connectivity index (χ0v) is 24.6. The largest absolute Gasteiger partial charge is 0.352 e. The highest BCUT2D eigenvalue weighted by molar-refractivity contribution is 9.10. The molecule has 3 aromatic rings. The average molecular weight is 582 g/mol. The smallest absolute Gasteiger partial charge is 0.243 e. The third kappa shape index (κ3) is 9.35. The van der Waals surface area contributed by atoms with Gasteiger partial charge in [0.15, 0.2) is 0 Å². The lowest BCUT2D eigenvalue weighted by molar-refractivity contribution is -0.139. The van der Waals surface area contributed by atoms with Gasteiger partial charge in [-0.25, -0.2) is 0 Å². The van der Waals surface area contributed by atoms with Gasteiger partial charge in [-0.2, -0.15) is 0 Å². The number of hydrogen-bond donors (Lipinski definition) is 1. The van der Waals surface area contributed by atoms with Crippen molar-refractivity contribution in [2.75, 3.05) is 5.75 Å². The van der Waals surface area contributed by atoms with Gasteiger partial charge in [-0.05, 0) is 56.0 Å². The maximum absolute atomic E-state index is 13.7. The first-order chi connectivity index (χ1) is 17.7. The molecule has 1 N–H and O–H groups in total. The highest BCUT2D eigenvalue weighted by Gasteiger charge is 2.30. The molecule has 0 heterocycles. The topological polar surface area (TPSA) is 49.4 Å². The van der Waals surface area contributed by atoms with E-state index in [1.54, 1.807) is 16.7 Å². The van der Waals surface area contributed by atoms with Crippen molar-refractivity contribution in [1.29, 1.82) is 0 Å². The molecule has 0 aliphatic heterocycles. The number of halogens is 1. The minimum absolute atomic E-state index is 0.0301. The van der Waals surface area contributed by atoms with Gasteiger partial charge in [-0.15, -0.1) is 11.8 Å². The van der Waals surface area contributed by atoms with Crippen LogP contribution in [0.15, 0.2) is 77.3 Å². The normalized spacial score (nSPS) is 12.6. The molecular formula is C31H37BrN2O2S. The third-order valence-corrected chi connectivity index (χ3v) is 7.83. The maximum atomic E-state index is 13.7. The van der Waals surface area contributed by atoms with E-state index in [0.717, 1.165) is 27.8 Å². The molecule has 3 rings (SSSR count). The zero-order valence-electron chi connectivity index (χ0n) is 22.2. The van der Waals surface area contributed by atoms with E-state index in [9.17, 15) is 9.59 Å². The van der Waals surface area contributed by atoms with E-state index < -0.39 is 6.04 Å². The molecule has 6 heteroatoms. The number of carbonyl (C=O) groups excluding carboxylic acids is 2. The van der Waals surface area contributed by atoms with Gasteiger partial charge in [0.25, 0.3) is 0 Å². The van der Waals surface area contributed by atoms with Crippen molar-refractivity contribution in [1.82, 2.24) is 10.2 Å². The molecule has 0 fully saturated rings. The highest BCUT2D eigenvalue weighted by atomic mass is 79.9. The van der Waals surface area contributed by atoms with Crippen molar-refractivity contribution >= 4 is 39.5 Å². The molecule has 0 aromatic heterocycles. The fourth-order valence-electron chi connectivity index (χ4n) is 4.27. The summed E-state index contributed by atoms with van der Waals surface area (Å²) in [5.74, 6) is 0.925. The van der Waals surface area contributed by atoms with Crippen LogP contribution in [-0.4, -0.2) is 34.6 Å². The molecule has 2 amide bonds. The lowest BCUT2D eigenvalue weighted by Crippen LogP contribution is -2.52. The maximum Gasteiger partial charge on any atom is 0.243 e. The van der Waals surface area contributed by atoms with E-state index in [2.05, 4.69) is 53.3 Å². The standard InChI is InChI=1S/C31H37BrN2O2S/c1-5-24(4)33-31(36)29(18-25-9-7-6-8-10-25)34(19-26-11-13-28(32)14-12-26)30(35)21-37-20-27-16-22(2)15-23(3)17-27/h6-17,24,29H,5,18-21H2,1-4H3,(H,33,36)/t24-,29+/m0/s1. The van der Waals surface area contributed by atoms with Crippen LogP contribution in [0.1, 0.15) is 48.1 Å². The first-order valence-corrected chi connectivity index (χ1v) is 14.7. The predicted octanol–water partition coefficient (Wildman–Crippen LogP) is 6.85. The summed E-state index contributed by atoms with van der Waals surface area (Å²) in [4.78, 5) is 29.1. The van der Waals surface area contributed by atoms with Crippen LogP contribution < -0.4 is 5.32 Å². The third-order valence-electron chi connectivity index (χ3n) is 6.31. The summed E-state index contributed by atoms with van der Waals surface area (Å²) in [6, 6.07) is 23.8. The lowest BCUT2D eigenvalue weighted by atomic mass is 10.0. The molecule has 0 unspecified atom stereocenters. The van der Waals surface area contributed by atoms with E-state index >= 15 is 0 Å². The van der Waals surface area contributed by atoms with E-state index in [1.165, 1.54) is 16.7 Å². The number of rotatable bonds is 12. The van der Waals surface area contributed by atoms with Crippen LogP contribution in [0.3, 0.4) is 0 Å². The first-order valence-electron chi connectivity index (χ1n) is 12.8. The quantitative estimate of drug-likeness (QED) is 0.255. The molecule has 0 aliphatic rings. The molecule has 37 heavy (non-hydrogen) atoms. The fourth-order valence-corrected chi connectivity index (χ4v) is 5.38.